The van der Waals surface area contributed by atoms with E-state index in [0.29, 0.717) is 24.5 Å². The Morgan fingerprint density at radius 3 is 2.45 bits per heavy atom. The van der Waals surface area contributed by atoms with Crippen LogP contribution in [0.4, 0.5) is 5.88 Å². The molecule has 3 aromatic rings. The van der Waals surface area contributed by atoms with Gasteiger partial charge in [-0.25, -0.2) is 0 Å². The van der Waals surface area contributed by atoms with Crippen LogP contribution in [0, 0.1) is 0 Å². The summed E-state index contributed by atoms with van der Waals surface area (Å²) in [5, 5.41) is 0.662. The molecule has 0 aliphatic carbocycles. The van der Waals surface area contributed by atoms with Crippen LogP contribution in [0.15, 0.2) is 63.6 Å². The van der Waals surface area contributed by atoms with E-state index in [4.69, 9.17) is 20.4 Å². The standard InChI is InChI=1S/C23H25ClN2O3/c24-19-8-6-18(7-9-19)15-22(27)26(16-20-5-4-14-28-20)17-21-10-11-23(29-21)25-12-2-1-3-13-25/h4-11,14H,1-3,12-13,15-17H2. The molecule has 1 amide bonds. The Bertz CT molecular complexity index is 912. The van der Waals surface area contributed by atoms with Crippen molar-refractivity contribution in [2.75, 3.05) is 18.0 Å². The quantitative estimate of drug-likeness (QED) is 0.529. The first-order valence-corrected chi connectivity index (χ1v) is 10.4. The van der Waals surface area contributed by atoms with Gasteiger partial charge >= 0.3 is 0 Å². The normalized spacial score (nSPS) is 14.2. The van der Waals surface area contributed by atoms with Gasteiger partial charge in [-0.1, -0.05) is 23.7 Å². The van der Waals surface area contributed by atoms with E-state index in [9.17, 15) is 4.79 Å². The lowest BCUT2D eigenvalue weighted by Crippen LogP contribution is -2.31. The zero-order chi connectivity index (χ0) is 20.1. The van der Waals surface area contributed by atoms with Crippen LogP contribution in [0.3, 0.4) is 0 Å². The van der Waals surface area contributed by atoms with Gasteiger partial charge in [0, 0.05) is 24.2 Å². The first-order chi connectivity index (χ1) is 14.2. The van der Waals surface area contributed by atoms with Crippen molar-refractivity contribution in [2.45, 2.75) is 38.8 Å². The highest BCUT2D eigenvalue weighted by molar-refractivity contribution is 6.30. The number of carbonyl (C=O) groups excluding carboxylic acids is 1. The van der Waals surface area contributed by atoms with Crippen LogP contribution in [-0.2, 0) is 24.3 Å². The molecule has 0 radical (unpaired) electrons. The zero-order valence-corrected chi connectivity index (χ0v) is 17.1. The van der Waals surface area contributed by atoms with Gasteiger partial charge in [-0.2, -0.15) is 0 Å². The second kappa shape index (κ2) is 9.23. The van der Waals surface area contributed by atoms with Crippen LogP contribution in [-0.4, -0.2) is 23.9 Å². The van der Waals surface area contributed by atoms with E-state index in [-0.39, 0.29) is 5.91 Å². The van der Waals surface area contributed by atoms with Gasteiger partial charge in [0.25, 0.3) is 0 Å². The third-order valence-electron chi connectivity index (χ3n) is 5.21. The number of piperidine rings is 1. The predicted octanol–water partition coefficient (Wildman–Crippen LogP) is 5.29. The fourth-order valence-corrected chi connectivity index (χ4v) is 3.76. The van der Waals surface area contributed by atoms with Crippen molar-refractivity contribution in [3.63, 3.8) is 0 Å². The van der Waals surface area contributed by atoms with Crippen molar-refractivity contribution in [2.24, 2.45) is 0 Å². The van der Waals surface area contributed by atoms with Gasteiger partial charge in [-0.05, 0) is 55.2 Å². The van der Waals surface area contributed by atoms with E-state index in [2.05, 4.69) is 4.90 Å². The second-order valence-corrected chi connectivity index (χ2v) is 7.86. The molecule has 1 aliphatic heterocycles. The number of carbonyl (C=O) groups is 1. The number of amides is 1. The fourth-order valence-electron chi connectivity index (χ4n) is 3.64. The maximum Gasteiger partial charge on any atom is 0.227 e. The lowest BCUT2D eigenvalue weighted by atomic mass is 10.1. The summed E-state index contributed by atoms with van der Waals surface area (Å²) < 4.78 is 11.5. The highest BCUT2D eigenvalue weighted by Crippen LogP contribution is 2.24. The molecule has 0 bridgehead atoms. The number of halogens is 1. The molecule has 3 heterocycles. The highest BCUT2D eigenvalue weighted by Gasteiger charge is 2.20. The van der Waals surface area contributed by atoms with Crippen molar-refractivity contribution >= 4 is 23.4 Å². The van der Waals surface area contributed by atoms with Crippen molar-refractivity contribution in [1.82, 2.24) is 4.90 Å². The first-order valence-electron chi connectivity index (χ1n) is 10.1. The molecule has 1 aliphatic rings. The first kappa shape index (κ1) is 19.6. The Hall–Kier alpha value is -2.66. The average molecular weight is 413 g/mol. The number of hydrogen-bond donors (Lipinski definition) is 0. The molecule has 0 saturated carbocycles. The van der Waals surface area contributed by atoms with E-state index in [1.54, 1.807) is 23.3 Å². The van der Waals surface area contributed by atoms with E-state index >= 15 is 0 Å². The Kier molecular flexibility index (Phi) is 6.25. The van der Waals surface area contributed by atoms with Gasteiger partial charge in [0.1, 0.15) is 11.5 Å². The van der Waals surface area contributed by atoms with E-state index in [1.165, 1.54) is 19.3 Å². The monoisotopic (exact) mass is 412 g/mol. The fraction of sp³-hybridized carbons (Fsp3) is 0.348. The van der Waals surface area contributed by atoms with E-state index in [0.717, 1.165) is 36.1 Å². The molecule has 29 heavy (non-hydrogen) atoms. The number of furan rings is 2. The minimum atomic E-state index is 0.0136. The summed E-state index contributed by atoms with van der Waals surface area (Å²) in [6.07, 6.45) is 5.59. The number of nitrogens with zero attached hydrogens (tertiary/aromatic N) is 2. The molecule has 0 unspecified atom stereocenters. The SMILES string of the molecule is O=C(Cc1ccc(Cl)cc1)N(Cc1ccco1)Cc1ccc(N2CCCCC2)o1. The van der Waals surface area contributed by atoms with E-state index < -0.39 is 0 Å². The summed E-state index contributed by atoms with van der Waals surface area (Å²) in [7, 11) is 0. The molecule has 0 N–H and O–H groups in total. The van der Waals surface area contributed by atoms with Crippen molar-refractivity contribution < 1.29 is 13.6 Å². The van der Waals surface area contributed by atoms with Crippen LogP contribution in [0.5, 0.6) is 0 Å². The van der Waals surface area contributed by atoms with E-state index in [1.807, 2.05) is 36.4 Å². The Morgan fingerprint density at radius 2 is 1.72 bits per heavy atom. The molecule has 0 spiro atoms. The Balaban J connectivity index is 1.47. The third-order valence-corrected chi connectivity index (χ3v) is 5.46. The molecule has 1 aromatic carbocycles. The van der Waals surface area contributed by atoms with Crippen LogP contribution in [0.1, 0.15) is 36.3 Å². The van der Waals surface area contributed by atoms with Crippen molar-refractivity contribution in [1.29, 1.82) is 0 Å². The van der Waals surface area contributed by atoms with Gasteiger partial charge < -0.3 is 18.6 Å². The number of rotatable bonds is 7. The maximum absolute atomic E-state index is 13.0. The summed E-state index contributed by atoms with van der Waals surface area (Å²) in [6.45, 7) is 2.86. The van der Waals surface area contributed by atoms with Crippen LogP contribution in [0.2, 0.25) is 5.02 Å². The molecule has 5 nitrogen and oxygen atoms in total. The Labute approximate surface area is 175 Å². The van der Waals surface area contributed by atoms with Gasteiger partial charge in [-0.3, -0.25) is 4.79 Å². The number of benzene rings is 1. The minimum Gasteiger partial charge on any atom is -0.467 e. The largest absolute Gasteiger partial charge is 0.467 e. The maximum atomic E-state index is 13.0. The summed E-state index contributed by atoms with van der Waals surface area (Å²) in [6, 6.07) is 15.1. The molecule has 152 valence electrons. The van der Waals surface area contributed by atoms with Crippen LogP contribution in [0.25, 0.3) is 0 Å². The zero-order valence-electron chi connectivity index (χ0n) is 16.4. The molecular weight excluding hydrogens is 388 g/mol. The van der Waals surface area contributed by atoms with Gasteiger partial charge in [-0.15, -0.1) is 0 Å². The summed E-state index contributed by atoms with van der Waals surface area (Å²) in [4.78, 5) is 17.1. The molecule has 1 saturated heterocycles. The predicted molar refractivity (Wildman–Crippen MR) is 113 cm³/mol. The lowest BCUT2D eigenvalue weighted by Gasteiger charge is -2.26. The highest BCUT2D eigenvalue weighted by atomic mass is 35.5. The minimum absolute atomic E-state index is 0.0136. The number of anilines is 1. The molecule has 1 fully saturated rings. The third kappa shape index (κ3) is 5.24. The molecule has 6 heteroatoms. The number of hydrogen-bond acceptors (Lipinski definition) is 4. The van der Waals surface area contributed by atoms with Crippen molar-refractivity contribution in [3.05, 3.63) is 76.9 Å². The summed E-state index contributed by atoms with van der Waals surface area (Å²) in [5.74, 6) is 2.43. The van der Waals surface area contributed by atoms with Crippen LogP contribution < -0.4 is 4.90 Å². The van der Waals surface area contributed by atoms with Crippen LogP contribution >= 0.6 is 11.6 Å². The molecular formula is C23H25ClN2O3. The Morgan fingerprint density at radius 1 is 0.966 bits per heavy atom. The molecule has 4 rings (SSSR count). The smallest absolute Gasteiger partial charge is 0.227 e. The summed E-state index contributed by atoms with van der Waals surface area (Å²) in [5.41, 5.74) is 0.928. The summed E-state index contributed by atoms with van der Waals surface area (Å²) >= 11 is 5.96. The average Bonchev–Trinajstić information content (AvgIpc) is 3.42. The molecule has 2 aromatic heterocycles. The van der Waals surface area contributed by atoms with Gasteiger partial charge in [0.05, 0.1) is 25.8 Å². The second-order valence-electron chi connectivity index (χ2n) is 7.42. The van der Waals surface area contributed by atoms with Gasteiger partial charge in [0.2, 0.25) is 5.91 Å². The molecule has 0 atom stereocenters. The van der Waals surface area contributed by atoms with Gasteiger partial charge in [0.15, 0.2) is 5.88 Å². The topological polar surface area (TPSA) is 49.8 Å². The lowest BCUT2D eigenvalue weighted by molar-refractivity contribution is -0.132. The van der Waals surface area contributed by atoms with Crippen molar-refractivity contribution in [3.8, 4) is 0 Å².